The Balaban J connectivity index is 1.70. The van der Waals surface area contributed by atoms with Crippen molar-refractivity contribution in [3.8, 4) is 0 Å². The minimum absolute atomic E-state index is 0.153. The molecule has 1 aromatic heterocycles. The van der Waals surface area contributed by atoms with Gasteiger partial charge in [-0.25, -0.2) is 8.42 Å². The molecule has 1 fully saturated rings. The summed E-state index contributed by atoms with van der Waals surface area (Å²) >= 11 is 0. The molecule has 0 radical (unpaired) electrons. The molecule has 0 spiro atoms. The number of carbonyl (C=O) groups is 2. The summed E-state index contributed by atoms with van der Waals surface area (Å²) in [6.07, 6.45) is 2.69. The van der Waals surface area contributed by atoms with Crippen molar-refractivity contribution in [2.45, 2.75) is 30.7 Å². The first-order chi connectivity index (χ1) is 12.8. The van der Waals surface area contributed by atoms with Gasteiger partial charge >= 0.3 is 0 Å². The van der Waals surface area contributed by atoms with Crippen molar-refractivity contribution in [3.05, 3.63) is 53.9 Å². The second-order valence-corrected chi connectivity index (χ2v) is 8.43. The molecule has 2 aromatic rings. The van der Waals surface area contributed by atoms with Crippen molar-refractivity contribution in [2.75, 3.05) is 6.54 Å². The third kappa shape index (κ3) is 3.88. The number of hydrogen-bond donors (Lipinski definition) is 2. The molecule has 1 unspecified atom stereocenters. The van der Waals surface area contributed by atoms with Gasteiger partial charge in [-0.15, -0.1) is 0 Å². The fraction of sp³-hybridized carbons (Fsp3) is 0.333. The van der Waals surface area contributed by atoms with Crippen LogP contribution in [0.4, 0.5) is 0 Å². The highest BCUT2D eigenvalue weighted by Crippen LogP contribution is 2.26. The number of aromatic nitrogens is 1. The van der Waals surface area contributed by atoms with Crippen molar-refractivity contribution in [3.63, 3.8) is 0 Å². The summed E-state index contributed by atoms with van der Waals surface area (Å²) in [5.41, 5.74) is 6.02. The highest BCUT2D eigenvalue weighted by molar-refractivity contribution is 7.89. The number of hydrazine groups is 1. The van der Waals surface area contributed by atoms with Gasteiger partial charge < -0.3 is 4.57 Å². The molecule has 1 aliphatic rings. The zero-order valence-electron chi connectivity index (χ0n) is 15.2. The average Bonchev–Trinajstić information content (AvgIpc) is 3.29. The number of amides is 2. The molecule has 1 saturated heterocycles. The van der Waals surface area contributed by atoms with Crippen LogP contribution in [0.25, 0.3) is 0 Å². The molecule has 3 rings (SSSR count). The van der Waals surface area contributed by atoms with E-state index in [0.717, 1.165) is 5.56 Å². The molecule has 2 N–H and O–H groups in total. The Morgan fingerprint density at radius 3 is 2.44 bits per heavy atom. The first-order valence-electron chi connectivity index (χ1n) is 8.61. The van der Waals surface area contributed by atoms with E-state index < -0.39 is 27.9 Å². The van der Waals surface area contributed by atoms with E-state index in [1.165, 1.54) is 16.4 Å². The summed E-state index contributed by atoms with van der Waals surface area (Å²) in [5, 5.41) is 0. The van der Waals surface area contributed by atoms with Crippen LogP contribution in [0.1, 0.15) is 28.9 Å². The van der Waals surface area contributed by atoms with Gasteiger partial charge in [0.1, 0.15) is 11.7 Å². The maximum absolute atomic E-state index is 12.9. The Labute approximate surface area is 158 Å². The Hall–Kier alpha value is -2.65. The highest BCUT2D eigenvalue weighted by Gasteiger charge is 2.39. The molecular formula is C18H22N4O4S. The number of aryl methyl sites for hydroxylation is 2. The topological polar surface area (TPSA) is 101 Å². The molecule has 9 heteroatoms. The van der Waals surface area contributed by atoms with E-state index in [0.29, 0.717) is 18.5 Å². The summed E-state index contributed by atoms with van der Waals surface area (Å²) in [4.78, 5) is 24.8. The third-order valence-electron chi connectivity index (χ3n) is 4.61. The van der Waals surface area contributed by atoms with Crippen LogP contribution in [0.3, 0.4) is 0 Å². The molecular weight excluding hydrogens is 368 g/mol. The van der Waals surface area contributed by atoms with Gasteiger partial charge in [-0.3, -0.25) is 20.4 Å². The van der Waals surface area contributed by atoms with E-state index in [1.807, 2.05) is 6.92 Å². The Bertz CT molecular complexity index is 950. The maximum atomic E-state index is 12.9. The number of rotatable bonds is 4. The monoisotopic (exact) mass is 390 g/mol. The van der Waals surface area contributed by atoms with Crippen LogP contribution in [0, 0.1) is 6.92 Å². The van der Waals surface area contributed by atoms with Crippen LogP contribution in [0.5, 0.6) is 0 Å². The van der Waals surface area contributed by atoms with Crippen molar-refractivity contribution in [1.82, 2.24) is 19.7 Å². The molecule has 144 valence electrons. The second-order valence-electron chi connectivity index (χ2n) is 6.53. The summed E-state index contributed by atoms with van der Waals surface area (Å²) in [7, 11) is -2.07. The summed E-state index contributed by atoms with van der Waals surface area (Å²) < 4.78 is 28.6. The van der Waals surface area contributed by atoms with Crippen LogP contribution in [0.2, 0.25) is 0 Å². The van der Waals surface area contributed by atoms with Crippen molar-refractivity contribution in [2.24, 2.45) is 7.05 Å². The Morgan fingerprint density at radius 2 is 1.81 bits per heavy atom. The van der Waals surface area contributed by atoms with Gasteiger partial charge in [0.25, 0.3) is 11.8 Å². The summed E-state index contributed by atoms with van der Waals surface area (Å²) in [5.74, 6) is -1.02. The molecule has 2 amide bonds. The van der Waals surface area contributed by atoms with E-state index >= 15 is 0 Å². The molecule has 2 heterocycles. The minimum Gasteiger partial charge on any atom is -0.347 e. The van der Waals surface area contributed by atoms with Crippen LogP contribution < -0.4 is 10.9 Å². The molecule has 27 heavy (non-hydrogen) atoms. The molecule has 0 saturated carbocycles. The van der Waals surface area contributed by atoms with Gasteiger partial charge in [0.2, 0.25) is 10.0 Å². The predicted molar refractivity (Wildman–Crippen MR) is 99.1 cm³/mol. The van der Waals surface area contributed by atoms with Crippen molar-refractivity contribution < 1.29 is 18.0 Å². The lowest BCUT2D eigenvalue weighted by atomic mass is 10.2. The van der Waals surface area contributed by atoms with Crippen LogP contribution in [0.15, 0.2) is 47.5 Å². The quantitative estimate of drug-likeness (QED) is 0.759. The van der Waals surface area contributed by atoms with Gasteiger partial charge in [-0.2, -0.15) is 4.31 Å². The third-order valence-corrected chi connectivity index (χ3v) is 6.53. The zero-order chi connectivity index (χ0) is 19.6. The molecule has 1 atom stereocenters. The van der Waals surface area contributed by atoms with Gasteiger partial charge in [-0.1, -0.05) is 17.7 Å². The van der Waals surface area contributed by atoms with Gasteiger partial charge in [-0.05, 0) is 44.0 Å². The first kappa shape index (κ1) is 19.1. The number of nitrogens with one attached hydrogen (secondary N) is 2. The fourth-order valence-corrected chi connectivity index (χ4v) is 4.75. The van der Waals surface area contributed by atoms with Gasteiger partial charge in [0.15, 0.2) is 0 Å². The SMILES string of the molecule is Cc1ccc(S(=O)(=O)N2CCCC2C(=O)NNC(=O)c2cccn2C)cc1. The largest absolute Gasteiger partial charge is 0.347 e. The van der Waals surface area contributed by atoms with E-state index in [4.69, 9.17) is 0 Å². The van der Waals surface area contributed by atoms with Crippen molar-refractivity contribution >= 4 is 21.8 Å². The van der Waals surface area contributed by atoms with Crippen LogP contribution in [-0.2, 0) is 21.9 Å². The average molecular weight is 390 g/mol. The number of sulfonamides is 1. The smallest absolute Gasteiger partial charge is 0.286 e. The van der Waals surface area contributed by atoms with E-state index in [9.17, 15) is 18.0 Å². The van der Waals surface area contributed by atoms with E-state index in [-0.39, 0.29) is 11.4 Å². The van der Waals surface area contributed by atoms with Crippen LogP contribution in [-0.4, -0.2) is 41.7 Å². The lowest BCUT2D eigenvalue weighted by molar-refractivity contribution is -0.125. The lowest BCUT2D eigenvalue weighted by Crippen LogP contribution is -2.51. The number of hydrogen-bond acceptors (Lipinski definition) is 4. The fourth-order valence-electron chi connectivity index (χ4n) is 3.10. The molecule has 0 bridgehead atoms. The lowest BCUT2D eigenvalue weighted by Gasteiger charge is -2.23. The number of benzene rings is 1. The highest BCUT2D eigenvalue weighted by atomic mass is 32.2. The standard InChI is InChI=1S/C18H22N4O4S/c1-13-7-9-14(10-8-13)27(25,26)22-12-4-6-16(22)18(24)20-19-17(23)15-5-3-11-21(15)2/h3,5,7-11,16H,4,6,12H2,1-2H3,(H,19,23)(H,20,24). The number of nitrogens with zero attached hydrogens (tertiary/aromatic N) is 2. The molecule has 8 nitrogen and oxygen atoms in total. The van der Waals surface area contributed by atoms with Crippen LogP contribution >= 0.6 is 0 Å². The van der Waals surface area contributed by atoms with Gasteiger partial charge in [0.05, 0.1) is 4.90 Å². The second kappa shape index (κ2) is 7.53. The van der Waals surface area contributed by atoms with E-state index in [1.54, 1.807) is 42.1 Å². The predicted octanol–water partition coefficient (Wildman–Crippen LogP) is 0.948. The van der Waals surface area contributed by atoms with Gasteiger partial charge in [0, 0.05) is 19.8 Å². The molecule has 0 aliphatic carbocycles. The molecule has 1 aromatic carbocycles. The summed E-state index contributed by atoms with van der Waals surface area (Å²) in [6, 6.07) is 8.99. The normalized spacial score (nSPS) is 17.6. The number of carbonyl (C=O) groups excluding carboxylic acids is 2. The Kier molecular flexibility index (Phi) is 5.33. The van der Waals surface area contributed by atoms with Crippen molar-refractivity contribution in [1.29, 1.82) is 0 Å². The van der Waals surface area contributed by atoms with E-state index in [2.05, 4.69) is 10.9 Å². The summed E-state index contributed by atoms with van der Waals surface area (Å²) in [6.45, 7) is 2.14. The minimum atomic E-state index is -3.78. The maximum Gasteiger partial charge on any atom is 0.286 e. The Morgan fingerprint density at radius 1 is 1.11 bits per heavy atom. The first-order valence-corrected chi connectivity index (χ1v) is 10.0. The zero-order valence-corrected chi connectivity index (χ0v) is 16.0. The molecule has 1 aliphatic heterocycles.